The van der Waals surface area contributed by atoms with Gasteiger partial charge >= 0.3 is 0 Å². The fourth-order valence-electron chi connectivity index (χ4n) is 2.65. The van der Waals surface area contributed by atoms with Crippen molar-refractivity contribution in [2.24, 2.45) is 5.92 Å². The van der Waals surface area contributed by atoms with Crippen LogP contribution in [0.3, 0.4) is 0 Å². The molecule has 1 aliphatic rings. The molecule has 6 heteroatoms. The summed E-state index contributed by atoms with van der Waals surface area (Å²) in [5, 5.41) is 3.87. The van der Waals surface area contributed by atoms with Crippen LogP contribution < -0.4 is 5.32 Å². The van der Waals surface area contributed by atoms with Crippen LogP contribution in [-0.2, 0) is 16.1 Å². The van der Waals surface area contributed by atoms with Crippen molar-refractivity contribution in [1.82, 2.24) is 15.2 Å². The molecule has 1 aromatic rings. The maximum absolute atomic E-state index is 12.7. The van der Waals surface area contributed by atoms with Gasteiger partial charge in [-0.25, -0.2) is 4.98 Å². The maximum Gasteiger partial charge on any atom is 0.246 e. The Morgan fingerprint density at radius 3 is 2.67 bits per heavy atom. The lowest BCUT2D eigenvalue weighted by Crippen LogP contribution is -2.64. The lowest BCUT2D eigenvalue weighted by Gasteiger charge is -2.40. The van der Waals surface area contributed by atoms with Crippen molar-refractivity contribution in [3.8, 4) is 0 Å². The van der Waals surface area contributed by atoms with Crippen molar-refractivity contribution >= 4 is 23.2 Å². The third-order valence-corrected chi connectivity index (χ3v) is 5.02. The molecule has 0 aliphatic carbocycles. The monoisotopic (exact) mass is 309 g/mol. The average Bonchev–Trinajstić information content (AvgIpc) is 2.87. The Kier molecular flexibility index (Phi) is 4.98. The molecule has 3 atom stereocenters. The van der Waals surface area contributed by atoms with E-state index in [1.54, 1.807) is 22.4 Å². The third kappa shape index (κ3) is 3.26. The van der Waals surface area contributed by atoms with Crippen LogP contribution in [-0.4, -0.2) is 33.8 Å². The lowest BCUT2D eigenvalue weighted by atomic mass is 9.93. The summed E-state index contributed by atoms with van der Waals surface area (Å²) >= 11 is 1.58. The number of nitrogens with zero attached hydrogens (tertiary/aromatic N) is 2. The highest BCUT2D eigenvalue weighted by Gasteiger charge is 2.41. The number of aromatic nitrogens is 1. The van der Waals surface area contributed by atoms with Crippen LogP contribution in [0.2, 0.25) is 0 Å². The summed E-state index contributed by atoms with van der Waals surface area (Å²) in [6.45, 7) is 8.39. The van der Waals surface area contributed by atoms with Crippen molar-refractivity contribution in [3.05, 3.63) is 16.1 Å². The van der Waals surface area contributed by atoms with Crippen molar-refractivity contribution in [2.75, 3.05) is 0 Å². The lowest BCUT2D eigenvalue weighted by molar-refractivity contribution is -0.151. The van der Waals surface area contributed by atoms with Gasteiger partial charge in [-0.3, -0.25) is 9.59 Å². The van der Waals surface area contributed by atoms with Crippen LogP contribution in [0.15, 0.2) is 6.20 Å². The van der Waals surface area contributed by atoms with Gasteiger partial charge < -0.3 is 10.2 Å². The molecule has 1 aromatic heterocycles. The minimum atomic E-state index is -0.403. The van der Waals surface area contributed by atoms with Gasteiger partial charge in [-0.1, -0.05) is 27.2 Å². The summed E-state index contributed by atoms with van der Waals surface area (Å²) in [5.41, 5.74) is 0. The Morgan fingerprint density at radius 1 is 1.43 bits per heavy atom. The standard InChI is InChI=1S/C15H23N3O2S/c1-5-9(3)13-15(20)18(12(6-2)14(19)17-13)8-11-7-16-10(4)21-11/h7,9,12-13H,5-6,8H2,1-4H3,(H,17,19). The van der Waals surface area contributed by atoms with Gasteiger partial charge in [0.2, 0.25) is 11.8 Å². The number of aryl methyl sites for hydroxylation is 1. The zero-order valence-electron chi connectivity index (χ0n) is 13.0. The predicted molar refractivity (Wildman–Crippen MR) is 82.9 cm³/mol. The van der Waals surface area contributed by atoms with Gasteiger partial charge in [0.25, 0.3) is 0 Å². The average molecular weight is 309 g/mol. The summed E-state index contributed by atoms with van der Waals surface area (Å²) < 4.78 is 0. The summed E-state index contributed by atoms with van der Waals surface area (Å²) in [5.74, 6) is 0.135. The van der Waals surface area contributed by atoms with Crippen molar-refractivity contribution in [1.29, 1.82) is 0 Å². The number of carbonyl (C=O) groups is 2. The van der Waals surface area contributed by atoms with Gasteiger partial charge in [0.15, 0.2) is 0 Å². The molecular formula is C15H23N3O2S. The number of thiazole rings is 1. The van der Waals surface area contributed by atoms with E-state index in [2.05, 4.69) is 10.3 Å². The van der Waals surface area contributed by atoms with E-state index in [9.17, 15) is 9.59 Å². The van der Waals surface area contributed by atoms with Crippen LogP contribution in [0, 0.1) is 12.8 Å². The first-order valence-corrected chi connectivity index (χ1v) is 8.31. The van der Waals surface area contributed by atoms with E-state index in [0.29, 0.717) is 13.0 Å². The highest BCUT2D eigenvalue weighted by Crippen LogP contribution is 2.23. The van der Waals surface area contributed by atoms with Gasteiger partial charge in [0.05, 0.1) is 11.6 Å². The van der Waals surface area contributed by atoms with E-state index in [-0.39, 0.29) is 23.8 Å². The molecule has 0 radical (unpaired) electrons. The van der Waals surface area contributed by atoms with E-state index in [1.807, 2.05) is 27.7 Å². The molecular weight excluding hydrogens is 286 g/mol. The van der Waals surface area contributed by atoms with Crippen molar-refractivity contribution in [3.63, 3.8) is 0 Å². The number of hydrogen-bond acceptors (Lipinski definition) is 4. The SMILES string of the molecule is CCC(C)C1NC(=O)C(CC)N(Cc2cnc(C)s2)C1=O. The van der Waals surface area contributed by atoms with Gasteiger partial charge in [-0.15, -0.1) is 11.3 Å². The molecule has 116 valence electrons. The zero-order valence-corrected chi connectivity index (χ0v) is 13.9. The first-order chi connectivity index (χ1) is 9.97. The van der Waals surface area contributed by atoms with E-state index in [0.717, 1.165) is 16.3 Å². The Bertz CT molecular complexity index is 529. The quantitative estimate of drug-likeness (QED) is 0.906. The number of nitrogens with one attached hydrogen (secondary N) is 1. The van der Waals surface area contributed by atoms with Crippen LogP contribution in [0.4, 0.5) is 0 Å². The van der Waals surface area contributed by atoms with E-state index in [4.69, 9.17) is 0 Å². The molecule has 1 fully saturated rings. The molecule has 0 aromatic carbocycles. The summed E-state index contributed by atoms with van der Waals surface area (Å²) in [7, 11) is 0. The molecule has 3 unspecified atom stereocenters. The second-order valence-electron chi connectivity index (χ2n) is 5.61. The molecule has 2 rings (SSSR count). The Balaban J connectivity index is 2.24. The van der Waals surface area contributed by atoms with Gasteiger partial charge in [0, 0.05) is 11.1 Å². The highest BCUT2D eigenvalue weighted by molar-refractivity contribution is 7.11. The summed E-state index contributed by atoms with van der Waals surface area (Å²) in [4.78, 5) is 32.0. The van der Waals surface area contributed by atoms with Gasteiger partial charge in [-0.2, -0.15) is 0 Å². The minimum Gasteiger partial charge on any atom is -0.342 e. The van der Waals surface area contributed by atoms with E-state index in [1.165, 1.54) is 0 Å². The number of piperazine rings is 1. The molecule has 21 heavy (non-hydrogen) atoms. The van der Waals surface area contributed by atoms with Crippen LogP contribution in [0.1, 0.15) is 43.5 Å². The van der Waals surface area contributed by atoms with Crippen LogP contribution in [0.25, 0.3) is 0 Å². The molecule has 2 amide bonds. The topological polar surface area (TPSA) is 62.3 Å². The zero-order chi connectivity index (χ0) is 15.6. The van der Waals surface area contributed by atoms with Gasteiger partial charge in [0.1, 0.15) is 12.1 Å². The first kappa shape index (κ1) is 15.9. The third-order valence-electron chi connectivity index (χ3n) is 4.12. The van der Waals surface area contributed by atoms with E-state index < -0.39 is 6.04 Å². The smallest absolute Gasteiger partial charge is 0.246 e. The van der Waals surface area contributed by atoms with Crippen LogP contribution >= 0.6 is 11.3 Å². The molecule has 0 spiro atoms. The summed E-state index contributed by atoms with van der Waals surface area (Å²) in [6.07, 6.45) is 3.29. The minimum absolute atomic E-state index is 0.0295. The molecule has 0 saturated carbocycles. The Hall–Kier alpha value is -1.43. The second-order valence-corrected chi connectivity index (χ2v) is 6.93. The molecule has 1 N–H and O–H groups in total. The Labute approximate surface area is 129 Å². The first-order valence-electron chi connectivity index (χ1n) is 7.50. The highest BCUT2D eigenvalue weighted by atomic mass is 32.1. The number of hydrogen-bond donors (Lipinski definition) is 1. The molecule has 0 bridgehead atoms. The molecule has 1 aliphatic heterocycles. The predicted octanol–water partition coefficient (Wildman–Crippen LogP) is 2.10. The number of rotatable bonds is 5. The van der Waals surface area contributed by atoms with Crippen molar-refractivity contribution < 1.29 is 9.59 Å². The fourth-order valence-corrected chi connectivity index (χ4v) is 3.44. The molecule has 1 saturated heterocycles. The van der Waals surface area contributed by atoms with Gasteiger partial charge in [-0.05, 0) is 19.3 Å². The largest absolute Gasteiger partial charge is 0.342 e. The molecule has 5 nitrogen and oxygen atoms in total. The summed E-state index contributed by atoms with van der Waals surface area (Å²) in [6, 6.07) is -0.778. The van der Waals surface area contributed by atoms with E-state index >= 15 is 0 Å². The normalized spacial score (nSPS) is 24.1. The maximum atomic E-state index is 12.7. The Morgan fingerprint density at radius 2 is 2.14 bits per heavy atom. The number of amides is 2. The van der Waals surface area contributed by atoms with Crippen LogP contribution in [0.5, 0.6) is 0 Å². The fraction of sp³-hybridized carbons (Fsp3) is 0.667. The second kappa shape index (κ2) is 6.56. The van der Waals surface area contributed by atoms with Crippen molar-refractivity contribution in [2.45, 2.75) is 59.2 Å². The molecule has 2 heterocycles. The number of carbonyl (C=O) groups excluding carboxylic acids is 2.